The Morgan fingerprint density at radius 2 is 1.73 bits per heavy atom. The average Bonchev–Trinajstić information content (AvgIpc) is 2.97. The molecule has 30 heavy (non-hydrogen) atoms. The first-order chi connectivity index (χ1) is 14.4. The Bertz CT molecular complexity index is 1000. The molecule has 2 aliphatic rings. The second kappa shape index (κ2) is 8.07. The van der Waals surface area contributed by atoms with Crippen molar-refractivity contribution < 1.29 is 14.3 Å². The van der Waals surface area contributed by atoms with E-state index in [2.05, 4.69) is 22.3 Å². The molecule has 5 heteroatoms. The fourth-order valence-electron chi connectivity index (χ4n) is 4.40. The molecule has 1 amide bonds. The zero-order chi connectivity index (χ0) is 21.3. The van der Waals surface area contributed by atoms with Gasteiger partial charge < -0.3 is 10.1 Å². The molecule has 156 valence electrons. The lowest BCUT2D eigenvalue weighted by molar-refractivity contribution is -0.150. The Balaban J connectivity index is 1.50. The Labute approximate surface area is 177 Å². The Kier molecular flexibility index (Phi) is 5.48. The summed E-state index contributed by atoms with van der Waals surface area (Å²) in [6, 6.07) is 16.2. The van der Waals surface area contributed by atoms with E-state index in [0.717, 1.165) is 30.9 Å². The number of nitrogens with one attached hydrogen (secondary N) is 1. The standard InChI is InChI=1S/C25H28N2O3/c1-17-9-10-21(15-18(17)2)26-23(28)22-19(3)24(29)30-25(22)11-13-27(14-12-25)16-20-7-5-4-6-8-20/h4-10,15H,11-14,16H2,1-3H3,(H,26,28). The number of hydrogen-bond donors (Lipinski definition) is 1. The Hall–Kier alpha value is -2.92. The molecule has 2 heterocycles. The third kappa shape index (κ3) is 3.90. The van der Waals surface area contributed by atoms with Crippen molar-refractivity contribution in [3.05, 3.63) is 76.4 Å². The largest absolute Gasteiger partial charge is 0.450 e. The first-order valence-electron chi connectivity index (χ1n) is 10.5. The number of ether oxygens (including phenoxy) is 1. The molecule has 1 saturated heterocycles. The summed E-state index contributed by atoms with van der Waals surface area (Å²) in [4.78, 5) is 28.0. The van der Waals surface area contributed by atoms with E-state index in [1.54, 1.807) is 6.92 Å². The van der Waals surface area contributed by atoms with Crippen LogP contribution in [0.4, 0.5) is 5.69 Å². The zero-order valence-electron chi connectivity index (χ0n) is 17.8. The van der Waals surface area contributed by atoms with Gasteiger partial charge in [0.1, 0.15) is 5.60 Å². The monoisotopic (exact) mass is 404 g/mol. The summed E-state index contributed by atoms with van der Waals surface area (Å²) in [5.74, 6) is -0.616. The molecule has 0 aliphatic carbocycles. The first-order valence-corrected chi connectivity index (χ1v) is 10.5. The zero-order valence-corrected chi connectivity index (χ0v) is 17.8. The van der Waals surface area contributed by atoms with E-state index in [-0.39, 0.29) is 11.9 Å². The fraction of sp³-hybridized carbons (Fsp3) is 0.360. The number of esters is 1. The maximum absolute atomic E-state index is 13.2. The van der Waals surface area contributed by atoms with Crippen molar-refractivity contribution in [2.75, 3.05) is 18.4 Å². The molecule has 1 spiro atoms. The summed E-state index contributed by atoms with van der Waals surface area (Å²) >= 11 is 0. The number of rotatable bonds is 4. The fourth-order valence-corrected chi connectivity index (χ4v) is 4.40. The van der Waals surface area contributed by atoms with Gasteiger partial charge in [-0.2, -0.15) is 0 Å². The van der Waals surface area contributed by atoms with Crippen molar-refractivity contribution in [2.45, 2.75) is 45.8 Å². The predicted octanol–water partition coefficient (Wildman–Crippen LogP) is 4.15. The quantitative estimate of drug-likeness (QED) is 0.778. The number of piperidine rings is 1. The number of hydrogen-bond acceptors (Lipinski definition) is 4. The van der Waals surface area contributed by atoms with Crippen molar-refractivity contribution in [2.24, 2.45) is 0 Å². The van der Waals surface area contributed by atoms with Crippen LogP contribution in [0.3, 0.4) is 0 Å². The SMILES string of the molecule is CC1=C(C(=O)Nc2ccc(C)c(C)c2)C2(CCN(Cc3ccccc3)CC2)OC1=O. The van der Waals surface area contributed by atoms with Crippen LogP contribution < -0.4 is 5.32 Å². The van der Waals surface area contributed by atoms with Gasteiger partial charge in [0.15, 0.2) is 0 Å². The molecule has 0 atom stereocenters. The van der Waals surface area contributed by atoms with Crippen LogP contribution in [-0.2, 0) is 20.9 Å². The molecule has 1 N–H and O–H groups in total. The number of anilines is 1. The number of amides is 1. The minimum absolute atomic E-state index is 0.238. The number of nitrogens with zero attached hydrogens (tertiary/aromatic N) is 1. The predicted molar refractivity (Wildman–Crippen MR) is 117 cm³/mol. The lowest BCUT2D eigenvalue weighted by Gasteiger charge is -2.39. The van der Waals surface area contributed by atoms with Crippen LogP contribution in [-0.4, -0.2) is 35.5 Å². The summed E-state index contributed by atoms with van der Waals surface area (Å²) in [6.45, 7) is 8.16. The second-order valence-corrected chi connectivity index (χ2v) is 8.40. The summed E-state index contributed by atoms with van der Waals surface area (Å²) in [5, 5.41) is 2.98. The van der Waals surface area contributed by atoms with Gasteiger partial charge in [0.05, 0.1) is 5.57 Å². The summed E-state index contributed by atoms with van der Waals surface area (Å²) < 4.78 is 5.81. The van der Waals surface area contributed by atoms with E-state index in [0.29, 0.717) is 24.0 Å². The number of benzene rings is 2. The highest BCUT2D eigenvalue weighted by atomic mass is 16.6. The van der Waals surface area contributed by atoms with E-state index in [9.17, 15) is 9.59 Å². The highest BCUT2D eigenvalue weighted by Crippen LogP contribution is 2.41. The molecular weight excluding hydrogens is 376 g/mol. The van der Waals surface area contributed by atoms with Gasteiger partial charge in [-0.3, -0.25) is 9.69 Å². The van der Waals surface area contributed by atoms with E-state index >= 15 is 0 Å². The van der Waals surface area contributed by atoms with E-state index in [1.807, 2.05) is 50.2 Å². The van der Waals surface area contributed by atoms with Crippen LogP contribution in [0, 0.1) is 13.8 Å². The summed E-state index contributed by atoms with van der Waals surface area (Å²) in [6.07, 6.45) is 1.25. The highest BCUT2D eigenvalue weighted by Gasteiger charge is 2.50. The third-order valence-electron chi connectivity index (χ3n) is 6.33. The van der Waals surface area contributed by atoms with Gasteiger partial charge in [0.25, 0.3) is 5.91 Å². The van der Waals surface area contributed by atoms with Crippen molar-refractivity contribution in [3.8, 4) is 0 Å². The minimum Gasteiger partial charge on any atom is -0.450 e. The normalized spacial score (nSPS) is 18.6. The van der Waals surface area contributed by atoms with Crippen LogP contribution in [0.25, 0.3) is 0 Å². The van der Waals surface area contributed by atoms with Crippen LogP contribution in [0.2, 0.25) is 0 Å². The van der Waals surface area contributed by atoms with Gasteiger partial charge in [-0.1, -0.05) is 36.4 Å². The van der Waals surface area contributed by atoms with Crippen LogP contribution in [0.1, 0.15) is 36.5 Å². The smallest absolute Gasteiger partial charge is 0.335 e. The summed E-state index contributed by atoms with van der Waals surface area (Å²) in [7, 11) is 0. The molecule has 0 bridgehead atoms. The van der Waals surface area contributed by atoms with Gasteiger partial charge in [-0.25, -0.2) is 4.79 Å². The highest BCUT2D eigenvalue weighted by molar-refractivity contribution is 6.12. The maximum atomic E-state index is 13.2. The van der Waals surface area contributed by atoms with Crippen molar-refractivity contribution >= 4 is 17.6 Å². The number of carbonyl (C=O) groups excluding carboxylic acids is 2. The van der Waals surface area contributed by atoms with Gasteiger partial charge in [0, 0.05) is 43.7 Å². The molecular formula is C25H28N2O3. The lowest BCUT2D eigenvalue weighted by atomic mass is 9.82. The van der Waals surface area contributed by atoms with Crippen LogP contribution in [0.15, 0.2) is 59.7 Å². The van der Waals surface area contributed by atoms with Gasteiger partial charge >= 0.3 is 5.97 Å². The molecule has 2 aliphatic heterocycles. The van der Waals surface area contributed by atoms with Gasteiger partial charge in [0.2, 0.25) is 0 Å². The van der Waals surface area contributed by atoms with Crippen LogP contribution in [0.5, 0.6) is 0 Å². The molecule has 2 aromatic carbocycles. The maximum Gasteiger partial charge on any atom is 0.335 e. The molecule has 4 rings (SSSR count). The molecule has 0 unspecified atom stereocenters. The van der Waals surface area contributed by atoms with Crippen molar-refractivity contribution in [1.29, 1.82) is 0 Å². The minimum atomic E-state index is -0.821. The van der Waals surface area contributed by atoms with E-state index < -0.39 is 5.60 Å². The molecule has 5 nitrogen and oxygen atoms in total. The molecule has 1 fully saturated rings. The van der Waals surface area contributed by atoms with Crippen molar-refractivity contribution in [1.82, 2.24) is 4.90 Å². The molecule has 0 saturated carbocycles. The number of aryl methyl sites for hydroxylation is 2. The first kappa shape index (κ1) is 20.4. The van der Waals surface area contributed by atoms with E-state index in [4.69, 9.17) is 4.74 Å². The molecule has 0 radical (unpaired) electrons. The number of likely N-dealkylation sites (tertiary alicyclic amines) is 1. The van der Waals surface area contributed by atoms with Crippen molar-refractivity contribution in [3.63, 3.8) is 0 Å². The van der Waals surface area contributed by atoms with Gasteiger partial charge in [-0.15, -0.1) is 0 Å². The van der Waals surface area contributed by atoms with Gasteiger partial charge in [-0.05, 0) is 49.6 Å². The average molecular weight is 405 g/mol. The number of carbonyl (C=O) groups is 2. The second-order valence-electron chi connectivity index (χ2n) is 8.40. The Morgan fingerprint density at radius 3 is 2.40 bits per heavy atom. The summed E-state index contributed by atoms with van der Waals surface area (Å²) in [5.41, 5.74) is 4.37. The third-order valence-corrected chi connectivity index (χ3v) is 6.33. The lowest BCUT2D eigenvalue weighted by Crippen LogP contribution is -2.47. The van der Waals surface area contributed by atoms with Crippen LogP contribution >= 0.6 is 0 Å². The molecule has 2 aromatic rings. The topological polar surface area (TPSA) is 58.6 Å². The molecule has 0 aromatic heterocycles. The van der Waals surface area contributed by atoms with E-state index in [1.165, 1.54) is 11.1 Å². The Morgan fingerprint density at radius 1 is 1.03 bits per heavy atom.